The van der Waals surface area contributed by atoms with Gasteiger partial charge in [0.1, 0.15) is 17.5 Å². The van der Waals surface area contributed by atoms with Crippen molar-refractivity contribution in [3.8, 4) is 11.1 Å². The summed E-state index contributed by atoms with van der Waals surface area (Å²) >= 11 is 0. The van der Waals surface area contributed by atoms with Gasteiger partial charge in [0.25, 0.3) is 5.91 Å². The topological polar surface area (TPSA) is 88.6 Å². The van der Waals surface area contributed by atoms with Gasteiger partial charge in [0, 0.05) is 37.5 Å². The quantitative estimate of drug-likeness (QED) is 0.210. The van der Waals surface area contributed by atoms with E-state index in [1.165, 1.54) is 40.7 Å². The molecule has 2 N–H and O–H groups in total. The number of carboxylic acid groups (broad SMARTS) is 1. The Kier molecular flexibility index (Phi) is 8.63. The Hall–Kier alpha value is -4.81. The second-order valence-electron chi connectivity index (χ2n) is 11.1. The van der Waals surface area contributed by atoms with Crippen LogP contribution in [-0.2, 0) is 19.8 Å². The van der Waals surface area contributed by atoms with Crippen molar-refractivity contribution in [2.24, 2.45) is 18.0 Å². The third kappa shape index (κ3) is 6.97. The molecule has 13 heteroatoms. The lowest BCUT2D eigenvalue weighted by Crippen LogP contribution is -2.30. The van der Waals surface area contributed by atoms with Gasteiger partial charge in [-0.1, -0.05) is 18.2 Å². The highest BCUT2D eigenvalue weighted by Gasteiger charge is 2.36. The van der Waals surface area contributed by atoms with Gasteiger partial charge in [0.2, 0.25) is 5.62 Å². The van der Waals surface area contributed by atoms with Gasteiger partial charge in [-0.25, -0.2) is 18.0 Å². The van der Waals surface area contributed by atoms with Crippen molar-refractivity contribution >= 4 is 12.0 Å². The molecule has 1 aliphatic rings. The number of hydrogen-bond donors (Lipinski definition) is 2. The van der Waals surface area contributed by atoms with E-state index in [0.29, 0.717) is 5.56 Å². The summed E-state index contributed by atoms with van der Waals surface area (Å²) in [6, 6.07) is 8.73. The molecule has 1 heterocycles. The van der Waals surface area contributed by atoms with Gasteiger partial charge in [-0.15, -0.1) is 4.99 Å². The fourth-order valence-electron chi connectivity index (χ4n) is 5.44. The van der Waals surface area contributed by atoms with E-state index in [4.69, 9.17) is 0 Å². The Bertz CT molecular complexity index is 1860. The zero-order chi connectivity index (χ0) is 32.6. The Balaban J connectivity index is 1.57. The van der Waals surface area contributed by atoms with Crippen molar-refractivity contribution in [2.45, 2.75) is 38.4 Å². The van der Waals surface area contributed by atoms with E-state index >= 15 is 4.39 Å². The van der Waals surface area contributed by atoms with E-state index in [1.807, 2.05) is 0 Å². The molecule has 0 bridgehead atoms. The Morgan fingerprint density at radius 1 is 1.02 bits per heavy atom. The van der Waals surface area contributed by atoms with Crippen molar-refractivity contribution < 1.29 is 41.0 Å². The maximum atomic E-state index is 16.1. The number of hydrogen-bond acceptors (Lipinski definition) is 2. The molecule has 1 saturated carbocycles. The summed E-state index contributed by atoms with van der Waals surface area (Å²) < 4.78 is 88.6. The molecule has 1 atom stereocenters. The molecule has 0 unspecified atom stereocenters. The van der Waals surface area contributed by atoms with Crippen LogP contribution in [0.1, 0.15) is 51.4 Å². The summed E-state index contributed by atoms with van der Waals surface area (Å²) in [5, 5.41) is 11.9. The predicted molar refractivity (Wildman–Crippen MR) is 152 cm³/mol. The van der Waals surface area contributed by atoms with Crippen molar-refractivity contribution in [3.63, 3.8) is 0 Å². The van der Waals surface area contributed by atoms with Crippen LogP contribution in [0.25, 0.3) is 11.1 Å². The van der Waals surface area contributed by atoms with Crippen molar-refractivity contribution in [3.05, 3.63) is 112 Å². The molecule has 0 spiro atoms. The van der Waals surface area contributed by atoms with Crippen LogP contribution in [0.15, 0.2) is 65.9 Å². The number of alkyl halides is 3. The van der Waals surface area contributed by atoms with E-state index in [1.54, 1.807) is 19.1 Å². The zero-order valence-electron chi connectivity index (χ0n) is 24.1. The van der Waals surface area contributed by atoms with Crippen molar-refractivity contribution in [2.75, 3.05) is 6.54 Å². The van der Waals surface area contributed by atoms with Crippen LogP contribution >= 0.6 is 0 Å². The number of benzene rings is 3. The van der Waals surface area contributed by atoms with Crippen LogP contribution in [-0.4, -0.2) is 32.8 Å². The molecule has 0 aliphatic heterocycles. The Morgan fingerprint density at radius 3 is 2.40 bits per heavy atom. The number of aryl methyl sites for hydroxylation is 2. The lowest BCUT2D eigenvalue weighted by atomic mass is 9.92. The Labute approximate surface area is 253 Å². The predicted octanol–water partition coefficient (Wildman–Crippen LogP) is 6.79. The van der Waals surface area contributed by atoms with E-state index in [2.05, 4.69) is 10.3 Å². The molecule has 45 heavy (non-hydrogen) atoms. The van der Waals surface area contributed by atoms with Crippen molar-refractivity contribution in [1.82, 2.24) is 14.5 Å². The number of rotatable bonds is 8. The first-order valence-corrected chi connectivity index (χ1v) is 14.0. The lowest BCUT2D eigenvalue weighted by Gasteiger charge is -2.20. The van der Waals surface area contributed by atoms with Gasteiger partial charge >= 0.3 is 12.3 Å². The van der Waals surface area contributed by atoms with E-state index < -0.39 is 52.1 Å². The molecule has 1 fully saturated rings. The highest BCUT2D eigenvalue weighted by Crippen LogP contribution is 2.43. The first-order valence-electron chi connectivity index (χ1n) is 14.0. The molecule has 1 aliphatic carbocycles. The molecule has 236 valence electrons. The first-order chi connectivity index (χ1) is 21.2. The lowest BCUT2D eigenvalue weighted by molar-refractivity contribution is -0.137. The number of nitrogens with one attached hydrogen (secondary N) is 1. The van der Waals surface area contributed by atoms with Gasteiger partial charge in [-0.2, -0.15) is 13.2 Å². The summed E-state index contributed by atoms with van der Waals surface area (Å²) in [6.45, 7) is 1.49. The standard InChI is InChI=1S/C32H28F6N4O3/c1-17-11-20(5-8-27(17)34)25(19-3-4-19)15-39-29(43)24-13-18(16-42-10-9-41(2)30(42)40-31(44)45)12-23(28(24)35)22-7-6-21(33)14-26(22)32(36,37)38/h5-14,19,25H,3-4,15-16H2,1-2H3,(H,39,43)(H,44,45)/b40-30-/t25-/m0/s1. The molecule has 7 nitrogen and oxygen atoms in total. The number of amides is 2. The number of carbonyl (C=O) groups is 2. The molecular formula is C32H28F6N4O3. The first kappa shape index (κ1) is 31.6. The second kappa shape index (κ2) is 12.3. The van der Waals surface area contributed by atoms with Crippen LogP contribution in [0.3, 0.4) is 0 Å². The third-order valence-electron chi connectivity index (χ3n) is 7.83. The summed E-state index contributed by atoms with van der Waals surface area (Å²) in [5.74, 6) is -3.69. The highest BCUT2D eigenvalue weighted by molar-refractivity contribution is 5.96. The van der Waals surface area contributed by atoms with Gasteiger partial charge in [0.15, 0.2) is 0 Å². The zero-order valence-corrected chi connectivity index (χ0v) is 24.1. The molecule has 0 saturated heterocycles. The fraction of sp³-hybridized carbons (Fsp3) is 0.281. The average molecular weight is 631 g/mol. The maximum Gasteiger partial charge on any atom is 0.434 e. The van der Waals surface area contributed by atoms with E-state index in [0.717, 1.165) is 36.6 Å². The smallest absolute Gasteiger partial charge is 0.434 e. The molecule has 5 rings (SSSR count). The number of imidazole rings is 1. The number of carbonyl (C=O) groups excluding carboxylic acids is 1. The minimum absolute atomic E-state index is 0.0287. The molecule has 4 aromatic rings. The van der Waals surface area contributed by atoms with E-state index in [-0.39, 0.29) is 48.0 Å². The average Bonchev–Trinajstić information content (AvgIpc) is 3.76. The molecular weight excluding hydrogens is 602 g/mol. The second-order valence-corrected chi connectivity index (χ2v) is 11.1. The largest absolute Gasteiger partial charge is 0.463 e. The van der Waals surface area contributed by atoms with Crippen LogP contribution in [0.2, 0.25) is 0 Å². The highest BCUT2D eigenvalue weighted by atomic mass is 19.4. The third-order valence-corrected chi connectivity index (χ3v) is 7.83. The summed E-state index contributed by atoms with van der Waals surface area (Å²) in [5.41, 5.74) is -1.91. The number of nitrogens with zero attached hydrogens (tertiary/aromatic N) is 3. The molecule has 2 amide bonds. The van der Waals surface area contributed by atoms with Crippen LogP contribution in [0.5, 0.6) is 0 Å². The maximum absolute atomic E-state index is 16.1. The Morgan fingerprint density at radius 2 is 1.76 bits per heavy atom. The monoisotopic (exact) mass is 630 g/mol. The van der Waals surface area contributed by atoms with Gasteiger partial charge in [0.05, 0.1) is 17.7 Å². The van der Waals surface area contributed by atoms with Crippen LogP contribution in [0.4, 0.5) is 31.1 Å². The molecule has 3 aromatic carbocycles. The fourth-order valence-corrected chi connectivity index (χ4v) is 5.44. The van der Waals surface area contributed by atoms with Gasteiger partial charge in [-0.05, 0) is 78.3 Å². The van der Waals surface area contributed by atoms with E-state index in [9.17, 15) is 36.6 Å². The normalized spacial score (nSPS) is 14.4. The summed E-state index contributed by atoms with van der Waals surface area (Å²) in [7, 11) is 1.53. The van der Waals surface area contributed by atoms with Crippen LogP contribution in [0, 0.1) is 30.3 Å². The minimum atomic E-state index is -5.05. The molecule has 0 radical (unpaired) electrons. The minimum Gasteiger partial charge on any atom is -0.463 e. The summed E-state index contributed by atoms with van der Waals surface area (Å²) in [4.78, 5) is 28.3. The SMILES string of the molecule is Cc1cc([C@@H](CNC(=O)c2cc(Cn3ccn(C)/c3=N/C(=O)O)cc(-c3ccc(F)cc3C(F)(F)F)c2F)C2CC2)ccc1F. The van der Waals surface area contributed by atoms with Gasteiger partial charge < -0.3 is 19.6 Å². The van der Waals surface area contributed by atoms with Gasteiger partial charge in [-0.3, -0.25) is 4.79 Å². The number of halogens is 6. The number of aromatic nitrogens is 2. The van der Waals surface area contributed by atoms with Crippen LogP contribution < -0.4 is 10.9 Å². The van der Waals surface area contributed by atoms with Crippen molar-refractivity contribution in [1.29, 1.82) is 0 Å². The summed E-state index contributed by atoms with van der Waals surface area (Å²) in [6.07, 6.45) is -1.81. The molecule has 1 aromatic heterocycles.